The van der Waals surface area contributed by atoms with Crippen LogP contribution in [0, 0.1) is 0 Å². The molecule has 0 fully saturated rings. The molecule has 0 amide bonds. The molecule has 2 aromatic heterocycles. The van der Waals surface area contributed by atoms with Crippen molar-refractivity contribution in [1.29, 1.82) is 0 Å². The van der Waals surface area contributed by atoms with E-state index in [9.17, 15) is 0 Å². The van der Waals surface area contributed by atoms with Crippen LogP contribution in [0.2, 0.25) is 10.0 Å². The van der Waals surface area contributed by atoms with Gasteiger partial charge in [-0.2, -0.15) is 0 Å². The van der Waals surface area contributed by atoms with E-state index in [2.05, 4.69) is 15.2 Å². The van der Waals surface area contributed by atoms with E-state index in [1.54, 1.807) is 35.4 Å². The third kappa shape index (κ3) is 2.24. The van der Waals surface area contributed by atoms with E-state index in [1.807, 2.05) is 18.2 Å². The van der Waals surface area contributed by atoms with Gasteiger partial charge in [-0.25, -0.2) is 4.98 Å². The molecule has 4 rings (SSSR count). The molecule has 0 radical (unpaired) electrons. The minimum Gasteiger partial charge on any atom is -0.436 e. The molecule has 0 aliphatic rings. The van der Waals surface area contributed by atoms with Crippen LogP contribution in [0.3, 0.4) is 0 Å². The third-order valence-electron chi connectivity index (χ3n) is 3.25. The largest absolute Gasteiger partial charge is 0.436 e. The fraction of sp³-hybridized carbons (Fsp3) is 0. The van der Waals surface area contributed by atoms with Gasteiger partial charge in [0.15, 0.2) is 5.58 Å². The zero-order chi connectivity index (χ0) is 15.1. The minimum absolute atomic E-state index is 0.456. The molecule has 2 heterocycles. The van der Waals surface area contributed by atoms with Crippen LogP contribution in [0.15, 0.2) is 53.5 Å². The molecule has 108 valence electrons. The first-order chi connectivity index (χ1) is 10.7. The molecular formula is C15H8Cl2N4O. The molecule has 0 unspecified atom stereocenters. The third-order valence-corrected chi connectivity index (χ3v) is 3.80. The lowest BCUT2D eigenvalue weighted by molar-refractivity contribution is 0.619. The molecular weight excluding hydrogens is 323 g/mol. The molecule has 0 saturated heterocycles. The van der Waals surface area contributed by atoms with Crippen molar-refractivity contribution >= 4 is 34.3 Å². The Hall–Kier alpha value is -2.37. The molecule has 5 nitrogen and oxygen atoms in total. The summed E-state index contributed by atoms with van der Waals surface area (Å²) in [5.74, 6) is 0.456. The SMILES string of the molecule is Clc1ccc(-c2nc3ccc(-n4cnnc4)cc3o2)c(Cl)c1. The molecule has 0 bridgehead atoms. The van der Waals surface area contributed by atoms with Crippen LogP contribution in [0.5, 0.6) is 0 Å². The van der Waals surface area contributed by atoms with E-state index in [-0.39, 0.29) is 0 Å². The number of hydrogen-bond acceptors (Lipinski definition) is 4. The fourth-order valence-corrected chi connectivity index (χ4v) is 2.68. The van der Waals surface area contributed by atoms with Crippen LogP contribution in [-0.2, 0) is 0 Å². The molecule has 0 spiro atoms. The van der Waals surface area contributed by atoms with Gasteiger partial charge >= 0.3 is 0 Å². The molecule has 0 aliphatic carbocycles. The zero-order valence-electron chi connectivity index (χ0n) is 11.1. The Balaban J connectivity index is 1.84. The lowest BCUT2D eigenvalue weighted by atomic mass is 10.2. The quantitative estimate of drug-likeness (QED) is 0.547. The van der Waals surface area contributed by atoms with Crippen LogP contribution in [0.4, 0.5) is 0 Å². The van der Waals surface area contributed by atoms with Crippen LogP contribution >= 0.6 is 23.2 Å². The topological polar surface area (TPSA) is 56.7 Å². The van der Waals surface area contributed by atoms with Gasteiger partial charge in [0.05, 0.1) is 16.3 Å². The molecule has 0 N–H and O–H groups in total. The Bertz CT molecular complexity index is 963. The van der Waals surface area contributed by atoms with Gasteiger partial charge in [0, 0.05) is 11.1 Å². The van der Waals surface area contributed by atoms with Gasteiger partial charge in [0.2, 0.25) is 5.89 Å². The van der Waals surface area contributed by atoms with Crippen molar-refractivity contribution in [1.82, 2.24) is 19.7 Å². The summed E-state index contributed by atoms with van der Waals surface area (Å²) in [5.41, 5.74) is 3.00. The van der Waals surface area contributed by atoms with Crippen LogP contribution < -0.4 is 0 Å². The Morgan fingerprint density at radius 3 is 2.55 bits per heavy atom. The second-order valence-corrected chi connectivity index (χ2v) is 5.51. The van der Waals surface area contributed by atoms with Crippen LogP contribution in [-0.4, -0.2) is 19.7 Å². The standard InChI is InChI=1S/C15H8Cl2N4O/c16-9-1-3-11(12(17)5-9)15-20-13-4-2-10(6-14(13)22-15)21-7-18-19-8-21/h1-8H. The first-order valence-corrected chi connectivity index (χ1v) is 7.17. The summed E-state index contributed by atoms with van der Waals surface area (Å²) in [6.45, 7) is 0. The minimum atomic E-state index is 0.456. The number of aromatic nitrogens is 4. The highest BCUT2D eigenvalue weighted by Crippen LogP contribution is 2.32. The van der Waals surface area contributed by atoms with Crippen molar-refractivity contribution in [3.05, 3.63) is 59.1 Å². The number of fused-ring (bicyclic) bond motifs is 1. The van der Waals surface area contributed by atoms with E-state index in [1.165, 1.54) is 0 Å². The lowest BCUT2D eigenvalue weighted by Gasteiger charge is -1.99. The summed E-state index contributed by atoms with van der Waals surface area (Å²) in [7, 11) is 0. The number of oxazole rings is 1. The van der Waals surface area contributed by atoms with Crippen molar-refractivity contribution in [3.63, 3.8) is 0 Å². The molecule has 22 heavy (non-hydrogen) atoms. The predicted molar refractivity (Wildman–Crippen MR) is 84.4 cm³/mol. The smallest absolute Gasteiger partial charge is 0.228 e. The van der Waals surface area contributed by atoms with Gasteiger partial charge in [0.25, 0.3) is 0 Å². The number of halogens is 2. The average molecular weight is 331 g/mol. The highest BCUT2D eigenvalue weighted by atomic mass is 35.5. The lowest BCUT2D eigenvalue weighted by Crippen LogP contribution is -1.88. The van der Waals surface area contributed by atoms with E-state index in [4.69, 9.17) is 27.6 Å². The van der Waals surface area contributed by atoms with Crippen LogP contribution in [0.1, 0.15) is 0 Å². The summed E-state index contributed by atoms with van der Waals surface area (Å²) in [4.78, 5) is 4.46. The van der Waals surface area contributed by atoms with E-state index >= 15 is 0 Å². The van der Waals surface area contributed by atoms with Crippen molar-refractivity contribution in [2.24, 2.45) is 0 Å². The predicted octanol–water partition coefficient (Wildman–Crippen LogP) is 4.38. The molecule has 7 heteroatoms. The summed E-state index contributed by atoms with van der Waals surface area (Å²) in [5, 5.41) is 8.64. The number of hydrogen-bond donors (Lipinski definition) is 0. The Morgan fingerprint density at radius 2 is 1.77 bits per heavy atom. The highest BCUT2D eigenvalue weighted by molar-refractivity contribution is 6.36. The Kier molecular flexibility index (Phi) is 3.10. The first-order valence-electron chi connectivity index (χ1n) is 6.42. The zero-order valence-corrected chi connectivity index (χ0v) is 12.6. The summed E-state index contributed by atoms with van der Waals surface area (Å²) in [6, 6.07) is 10.9. The van der Waals surface area contributed by atoms with E-state index in [0.29, 0.717) is 27.1 Å². The van der Waals surface area contributed by atoms with E-state index < -0.39 is 0 Å². The summed E-state index contributed by atoms with van der Waals surface area (Å²) in [6.07, 6.45) is 3.24. The summed E-state index contributed by atoms with van der Waals surface area (Å²) >= 11 is 12.1. The van der Waals surface area contributed by atoms with Gasteiger partial charge in [-0.3, -0.25) is 4.57 Å². The average Bonchev–Trinajstić information content (AvgIpc) is 3.15. The van der Waals surface area contributed by atoms with Crippen LogP contribution in [0.25, 0.3) is 28.2 Å². The van der Waals surface area contributed by atoms with Gasteiger partial charge < -0.3 is 4.42 Å². The maximum atomic E-state index is 6.20. The maximum absolute atomic E-state index is 6.20. The van der Waals surface area contributed by atoms with Gasteiger partial charge in [-0.15, -0.1) is 10.2 Å². The second-order valence-electron chi connectivity index (χ2n) is 4.66. The number of benzene rings is 2. The maximum Gasteiger partial charge on any atom is 0.228 e. The Labute approximate surface area is 135 Å². The molecule has 0 aliphatic heterocycles. The van der Waals surface area contributed by atoms with Crippen molar-refractivity contribution < 1.29 is 4.42 Å². The van der Waals surface area contributed by atoms with Crippen molar-refractivity contribution in [2.75, 3.05) is 0 Å². The highest BCUT2D eigenvalue weighted by Gasteiger charge is 2.12. The molecule has 4 aromatic rings. The van der Waals surface area contributed by atoms with Crippen molar-refractivity contribution in [2.45, 2.75) is 0 Å². The van der Waals surface area contributed by atoms with Gasteiger partial charge in [-0.1, -0.05) is 23.2 Å². The second kappa shape index (κ2) is 5.12. The molecule has 0 saturated carbocycles. The van der Waals surface area contributed by atoms with E-state index in [0.717, 1.165) is 11.2 Å². The molecule has 0 atom stereocenters. The first kappa shape index (κ1) is 13.3. The molecule has 2 aromatic carbocycles. The fourth-order valence-electron chi connectivity index (χ4n) is 2.19. The Morgan fingerprint density at radius 1 is 0.955 bits per heavy atom. The number of nitrogens with zero attached hydrogens (tertiary/aromatic N) is 4. The number of rotatable bonds is 2. The monoisotopic (exact) mass is 330 g/mol. The van der Waals surface area contributed by atoms with Crippen molar-refractivity contribution in [3.8, 4) is 17.1 Å². The van der Waals surface area contributed by atoms with Gasteiger partial charge in [-0.05, 0) is 30.3 Å². The summed E-state index contributed by atoms with van der Waals surface area (Å²) < 4.78 is 7.61. The van der Waals surface area contributed by atoms with Gasteiger partial charge in [0.1, 0.15) is 18.2 Å². The normalized spacial score (nSPS) is 11.2.